The fraction of sp³-hybridized carbons (Fsp3) is 0.417. The Hall–Kier alpha value is -1.71. The number of aliphatic carboxylic acids is 1. The molecule has 0 atom stereocenters. The summed E-state index contributed by atoms with van der Waals surface area (Å²) in [7, 11) is 0. The molecule has 0 bridgehead atoms. The van der Waals surface area contributed by atoms with Crippen LogP contribution in [0.3, 0.4) is 0 Å². The molecule has 1 N–H and O–H groups in total. The predicted octanol–water partition coefficient (Wildman–Crippen LogP) is 2.33. The molecule has 1 rings (SSSR count). The van der Waals surface area contributed by atoms with Crippen molar-refractivity contribution in [3.63, 3.8) is 0 Å². The Morgan fingerprint density at radius 1 is 1.19 bits per heavy atom. The Morgan fingerprint density at radius 2 is 1.75 bits per heavy atom. The van der Waals surface area contributed by atoms with Gasteiger partial charge in [0.25, 0.3) is 0 Å². The van der Waals surface area contributed by atoms with Gasteiger partial charge < -0.3 is 14.6 Å². The van der Waals surface area contributed by atoms with Gasteiger partial charge in [-0.25, -0.2) is 0 Å². The summed E-state index contributed by atoms with van der Waals surface area (Å²) >= 11 is 0. The van der Waals surface area contributed by atoms with Crippen LogP contribution < -0.4 is 9.47 Å². The third kappa shape index (κ3) is 4.21. The van der Waals surface area contributed by atoms with E-state index in [1.807, 2.05) is 25.1 Å². The summed E-state index contributed by atoms with van der Waals surface area (Å²) in [5.74, 6) is 0.388. The maximum atomic E-state index is 10.3. The maximum Gasteiger partial charge on any atom is 0.306 e. The van der Waals surface area contributed by atoms with Gasteiger partial charge in [-0.2, -0.15) is 0 Å². The van der Waals surface area contributed by atoms with Gasteiger partial charge in [-0.3, -0.25) is 4.79 Å². The number of hydrogen-bond acceptors (Lipinski definition) is 3. The lowest BCUT2D eigenvalue weighted by Crippen LogP contribution is -2.06. The van der Waals surface area contributed by atoms with E-state index in [0.29, 0.717) is 18.1 Å². The molecule has 0 aromatic heterocycles. The summed E-state index contributed by atoms with van der Waals surface area (Å²) in [5, 5.41) is 8.49. The van der Waals surface area contributed by atoms with Gasteiger partial charge in [-0.1, -0.05) is 19.1 Å². The molecule has 1 aromatic rings. The van der Waals surface area contributed by atoms with Crippen LogP contribution in [0.25, 0.3) is 0 Å². The minimum absolute atomic E-state index is 0.0118. The highest BCUT2D eigenvalue weighted by Crippen LogP contribution is 2.26. The molecule has 0 radical (unpaired) electrons. The zero-order valence-electron chi connectivity index (χ0n) is 9.31. The van der Waals surface area contributed by atoms with E-state index in [4.69, 9.17) is 14.6 Å². The second kappa shape index (κ2) is 6.71. The van der Waals surface area contributed by atoms with Gasteiger partial charge in [0.15, 0.2) is 11.5 Å². The first kappa shape index (κ1) is 12.4. The summed E-state index contributed by atoms with van der Waals surface area (Å²) in [4.78, 5) is 10.3. The molecule has 0 saturated carbocycles. The number of rotatable bonds is 7. The molecule has 0 saturated heterocycles. The van der Waals surface area contributed by atoms with E-state index in [0.717, 1.165) is 6.42 Å². The molecule has 0 spiro atoms. The molecular formula is C12H16O4. The van der Waals surface area contributed by atoms with Crippen molar-refractivity contribution < 1.29 is 19.4 Å². The van der Waals surface area contributed by atoms with Crippen LogP contribution in [0, 0.1) is 0 Å². The molecule has 0 aliphatic carbocycles. The van der Waals surface area contributed by atoms with Crippen LogP contribution in [0.15, 0.2) is 24.3 Å². The summed E-state index contributed by atoms with van der Waals surface area (Å²) in [6, 6.07) is 7.27. The zero-order chi connectivity index (χ0) is 11.8. The molecule has 88 valence electrons. The summed E-state index contributed by atoms with van der Waals surface area (Å²) < 4.78 is 10.8. The Balaban J connectivity index is 2.52. The fourth-order valence-corrected chi connectivity index (χ4v) is 1.15. The van der Waals surface area contributed by atoms with Gasteiger partial charge >= 0.3 is 5.97 Å². The van der Waals surface area contributed by atoms with Gasteiger partial charge in [-0.15, -0.1) is 0 Å². The minimum Gasteiger partial charge on any atom is -0.490 e. The van der Waals surface area contributed by atoms with Gasteiger partial charge in [0.1, 0.15) is 0 Å². The van der Waals surface area contributed by atoms with Crippen molar-refractivity contribution >= 4 is 5.97 Å². The van der Waals surface area contributed by atoms with Crippen LogP contribution >= 0.6 is 0 Å². The number of ether oxygens (including phenoxy) is 2. The van der Waals surface area contributed by atoms with Gasteiger partial charge in [0.05, 0.1) is 19.6 Å². The highest BCUT2D eigenvalue weighted by Gasteiger charge is 2.04. The smallest absolute Gasteiger partial charge is 0.306 e. The van der Waals surface area contributed by atoms with Crippen molar-refractivity contribution in [2.75, 3.05) is 13.2 Å². The fourth-order valence-electron chi connectivity index (χ4n) is 1.15. The molecule has 0 aliphatic heterocycles. The Kier molecular flexibility index (Phi) is 5.19. The number of para-hydroxylation sites is 2. The van der Waals surface area contributed by atoms with Crippen molar-refractivity contribution in [1.82, 2.24) is 0 Å². The Morgan fingerprint density at radius 3 is 2.25 bits per heavy atom. The predicted molar refractivity (Wildman–Crippen MR) is 60.0 cm³/mol. The SMILES string of the molecule is CCCOc1ccccc1OCCC(=O)O. The van der Waals surface area contributed by atoms with Crippen LogP contribution in [0.1, 0.15) is 19.8 Å². The van der Waals surface area contributed by atoms with Crippen LogP contribution in [-0.2, 0) is 4.79 Å². The molecule has 4 heteroatoms. The topological polar surface area (TPSA) is 55.8 Å². The molecule has 0 heterocycles. The van der Waals surface area contributed by atoms with E-state index in [1.54, 1.807) is 6.07 Å². The van der Waals surface area contributed by atoms with E-state index in [1.165, 1.54) is 0 Å². The standard InChI is InChI=1S/C12H16O4/c1-2-8-15-10-5-3-4-6-11(10)16-9-7-12(13)14/h3-6H,2,7-9H2,1H3,(H,13,14). The van der Waals surface area contributed by atoms with Crippen LogP contribution in [-0.4, -0.2) is 24.3 Å². The average molecular weight is 224 g/mol. The third-order valence-corrected chi connectivity index (χ3v) is 1.88. The lowest BCUT2D eigenvalue weighted by molar-refractivity contribution is -0.137. The lowest BCUT2D eigenvalue weighted by atomic mass is 10.3. The molecule has 16 heavy (non-hydrogen) atoms. The number of hydrogen-bond donors (Lipinski definition) is 1. The molecule has 0 fully saturated rings. The quantitative estimate of drug-likeness (QED) is 0.772. The minimum atomic E-state index is -0.869. The second-order valence-corrected chi connectivity index (χ2v) is 3.29. The van der Waals surface area contributed by atoms with E-state index in [2.05, 4.69) is 0 Å². The number of carboxylic acid groups (broad SMARTS) is 1. The number of benzene rings is 1. The van der Waals surface area contributed by atoms with Crippen molar-refractivity contribution in [2.24, 2.45) is 0 Å². The van der Waals surface area contributed by atoms with Crippen LogP contribution in [0.5, 0.6) is 11.5 Å². The van der Waals surface area contributed by atoms with Crippen molar-refractivity contribution in [3.8, 4) is 11.5 Å². The first-order valence-corrected chi connectivity index (χ1v) is 5.30. The Bertz CT molecular complexity index is 336. The van der Waals surface area contributed by atoms with E-state index < -0.39 is 5.97 Å². The number of carboxylic acids is 1. The number of carbonyl (C=O) groups is 1. The zero-order valence-corrected chi connectivity index (χ0v) is 9.31. The highest BCUT2D eigenvalue weighted by molar-refractivity contribution is 5.66. The Labute approximate surface area is 94.8 Å². The maximum absolute atomic E-state index is 10.3. The van der Waals surface area contributed by atoms with E-state index in [9.17, 15) is 4.79 Å². The second-order valence-electron chi connectivity index (χ2n) is 3.29. The molecule has 0 aliphatic rings. The van der Waals surface area contributed by atoms with E-state index in [-0.39, 0.29) is 13.0 Å². The van der Waals surface area contributed by atoms with Crippen molar-refractivity contribution in [2.45, 2.75) is 19.8 Å². The first-order valence-electron chi connectivity index (χ1n) is 5.30. The molecule has 0 amide bonds. The third-order valence-electron chi connectivity index (χ3n) is 1.88. The summed E-state index contributed by atoms with van der Waals surface area (Å²) in [6.45, 7) is 2.80. The first-order chi connectivity index (χ1) is 7.74. The largest absolute Gasteiger partial charge is 0.490 e. The molecular weight excluding hydrogens is 208 g/mol. The monoisotopic (exact) mass is 224 g/mol. The van der Waals surface area contributed by atoms with E-state index >= 15 is 0 Å². The highest BCUT2D eigenvalue weighted by atomic mass is 16.5. The summed E-state index contributed by atoms with van der Waals surface area (Å²) in [6.07, 6.45) is 0.908. The summed E-state index contributed by atoms with van der Waals surface area (Å²) in [5.41, 5.74) is 0. The molecule has 1 aromatic carbocycles. The normalized spacial score (nSPS) is 9.81. The van der Waals surface area contributed by atoms with Crippen LogP contribution in [0.4, 0.5) is 0 Å². The van der Waals surface area contributed by atoms with Gasteiger partial charge in [0, 0.05) is 0 Å². The molecule has 4 nitrogen and oxygen atoms in total. The average Bonchev–Trinajstić information content (AvgIpc) is 2.27. The van der Waals surface area contributed by atoms with Crippen LogP contribution in [0.2, 0.25) is 0 Å². The van der Waals surface area contributed by atoms with Gasteiger partial charge in [-0.05, 0) is 18.6 Å². The van der Waals surface area contributed by atoms with Gasteiger partial charge in [0.2, 0.25) is 0 Å². The molecule has 0 unspecified atom stereocenters. The lowest BCUT2D eigenvalue weighted by Gasteiger charge is -2.11. The van der Waals surface area contributed by atoms with Crippen molar-refractivity contribution in [1.29, 1.82) is 0 Å². The van der Waals surface area contributed by atoms with Crippen molar-refractivity contribution in [3.05, 3.63) is 24.3 Å².